The summed E-state index contributed by atoms with van der Waals surface area (Å²) in [7, 11) is 1.55. The van der Waals surface area contributed by atoms with Crippen molar-refractivity contribution in [1.82, 2.24) is 15.0 Å². The van der Waals surface area contributed by atoms with Gasteiger partial charge in [0.25, 0.3) is 0 Å². The lowest BCUT2D eigenvalue weighted by Gasteiger charge is -2.08. The Morgan fingerprint density at radius 1 is 1.05 bits per heavy atom. The molecule has 0 fully saturated rings. The van der Waals surface area contributed by atoms with Crippen molar-refractivity contribution in [3.8, 4) is 6.01 Å². The number of hydrogen-bond acceptors (Lipinski definition) is 7. The molecule has 19 heavy (non-hydrogen) atoms. The topological polar surface area (TPSA) is 72.0 Å². The maximum absolute atomic E-state index is 5.06. The van der Waals surface area contributed by atoms with Crippen LogP contribution in [0.4, 0.5) is 11.9 Å². The molecule has 1 aromatic heterocycles. The second kappa shape index (κ2) is 9.66. The van der Waals surface area contributed by atoms with Crippen LogP contribution in [0.3, 0.4) is 0 Å². The van der Waals surface area contributed by atoms with Gasteiger partial charge >= 0.3 is 6.01 Å². The first-order chi connectivity index (χ1) is 9.30. The van der Waals surface area contributed by atoms with Gasteiger partial charge in [-0.3, -0.25) is 0 Å². The second-order valence-electron chi connectivity index (χ2n) is 3.98. The Balaban J connectivity index is 2.41. The Hall–Kier alpha value is -1.24. The number of rotatable bonds is 10. The normalized spacial score (nSPS) is 10.3. The van der Waals surface area contributed by atoms with E-state index >= 15 is 0 Å². The minimum atomic E-state index is 0.329. The average Bonchev–Trinajstić information content (AvgIpc) is 2.43. The number of nitrogens with zero attached hydrogens (tertiary/aromatic N) is 3. The summed E-state index contributed by atoms with van der Waals surface area (Å²) in [4.78, 5) is 12.6. The summed E-state index contributed by atoms with van der Waals surface area (Å²) in [5.41, 5.74) is 0. The van der Waals surface area contributed by atoms with E-state index < -0.39 is 0 Å². The van der Waals surface area contributed by atoms with Crippen molar-refractivity contribution >= 4 is 23.7 Å². The standard InChI is InChI=1S/C12H23N5OS/c1-4-13-10-15-11(17-12(16-10)18-2)14-8-6-5-7-9-19-3/h4-9H2,1-3H3,(H2,13,14,15,16,17). The maximum Gasteiger partial charge on any atom is 0.322 e. The number of thioether (sulfide) groups is 1. The van der Waals surface area contributed by atoms with Crippen molar-refractivity contribution in [3.05, 3.63) is 0 Å². The zero-order valence-electron chi connectivity index (χ0n) is 11.9. The fourth-order valence-electron chi connectivity index (χ4n) is 1.51. The molecule has 0 aliphatic heterocycles. The molecule has 0 saturated heterocycles. The molecular formula is C12H23N5OS. The summed E-state index contributed by atoms with van der Waals surface area (Å²) in [6.07, 6.45) is 5.73. The zero-order chi connectivity index (χ0) is 13.9. The van der Waals surface area contributed by atoms with Crippen LogP contribution in [0.25, 0.3) is 0 Å². The Kier molecular flexibility index (Phi) is 8.04. The van der Waals surface area contributed by atoms with Gasteiger partial charge in [0.1, 0.15) is 0 Å². The maximum atomic E-state index is 5.06. The van der Waals surface area contributed by atoms with E-state index in [9.17, 15) is 0 Å². The van der Waals surface area contributed by atoms with Gasteiger partial charge in [-0.15, -0.1) is 0 Å². The zero-order valence-corrected chi connectivity index (χ0v) is 12.7. The van der Waals surface area contributed by atoms with E-state index in [4.69, 9.17) is 4.74 Å². The van der Waals surface area contributed by atoms with Gasteiger partial charge in [0.2, 0.25) is 11.9 Å². The van der Waals surface area contributed by atoms with Crippen molar-refractivity contribution < 1.29 is 4.74 Å². The average molecular weight is 285 g/mol. The van der Waals surface area contributed by atoms with Crippen LogP contribution in [0.15, 0.2) is 0 Å². The van der Waals surface area contributed by atoms with E-state index in [1.54, 1.807) is 7.11 Å². The lowest BCUT2D eigenvalue weighted by atomic mass is 10.2. The molecule has 1 heterocycles. The highest BCUT2D eigenvalue weighted by molar-refractivity contribution is 7.98. The Morgan fingerprint density at radius 3 is 2.42 bits per heavy atom. The molecule has 0 aliphatic carbocycles. The molecule has 0 amide bonds. The van der Waals surface area contributed by atoms with Gasteiger partial charge in [0.05, 0.1) is 7.11 Å². The monoisotopic (exact) mass is 285 g/mol. The third-order valence-electron chi connectivity index (χ3n) is 2.44. The fraction of sp³-hybridized carbons (Fsp3) is 0.750. The number of aromatic nitrogens is 3. The van der Waals surface area contributed by atoms with Crippen LogP contribution in [0.2, 0.25) is 0 Å². The summed E-state index contributed by atoms with van der Waals surface area (Å²) in [6.45, 7) is 3.63. The molecule has 0 bridgehead atoms. The molecule has 0 aliphatic rings. The first kappa shape index (κ1) is 15.8. The number of unbranched alkanes of at least 4 members (excludes halogenated alkanes) is 2. The van der Waals surface area contributed by atoms with Crippen LogP contribution in [-0.2, 0) is 0 Å². The van der Waals surface area contributed by atoms with Crippen LogP contribution >= 0.6 is 11.8 Å². The quantitative estimate of drug-likeness (QED) is 0.639. The minimum absolute atomic E-state index is 0.329. The number of ether oxygens (including phenoxy) is 1. The third kappa shape index (κ3) is 6.47. The molecule has 1 aromatic rings. The predicted molar refractivity (Wildman–Crippen MR) is 81.3 cm³/mol. The predicted octanol–water partition coefficient (Wildman–Crippen LogP) is 2.26. The van der Waals surface area contributed by atoms with Gasteiger partial charge in [-0.2, -0.15) is 26.7 Å². The Morgan fingerprint density at radius 2 is 1.79 bits per heavy atom. The number of methoxy groups -OCH3 is 1. The van der Waals surface area contributed by atoms with Crippen molar-refractivity contribution in [3.63, 3.8) is 0 Å². The molecule has 0 spiro atoms. The van der Waals surface area contributed by atoms with Gasteiger partial charge in [0, 0.05) is 13.1 Å². The lowest BCUT2D eigenvalue weighted by molar-refractivity contribution is 0.379. The highest BCUT2D eigenvalue weighted by Gasteiger charge is 2.05. The molecule has 0 atom stereocenters. The van der Waals surface area contributed by atoms with E-state index in [-0.39, 0.29) is 0 Å². The van der Waals surface area contributed by atoms with Crippen LogP contribution < -0.4 is 15.4 Å². The van der Waals surface area contributed by atoms with Gasteiger partial charge in [0.15, 0.2) is 0 Å². The van der Waals surface area contributed by atoms with Gasteiger partial charge in [-0.05, 0) is 31.8 Å². The van der Waals surface area contributed by atoms with Crippen molar-refractivity contribution in [1.29, 1.82) is 0 Å². The molecule has 2 N–H and O–H groups in total. The van der Waals surface area contributed by atoms with Crippen molar-refractivity contribution in [2.45, 2.75) is 26.2 Å². The number of hydrogen-bond donors (Lipinski definition) is 2. The summed E-state index contributed by atoms with van der Waals surface area (Å²) in [5.74, 6) is 2.33. The minimum Gasteiger partial charge on any atom is -0.467 e. The molecule has 6 nitrogen and oxygen atoms in total. The summed E-state index contributed by atoms with van der Waals surface area (Å²) in [6, 6.07) is 0.329. The number of nitrogens with one attached hydrogen (secondary N) is 2. The van der Waals surface area contributed by atoms with Gasteiger partial charge in [-0.1, -0.05) is 6.42 Å². The van der Waals surface area contributed by atoms with E-state index in [1.165, 1.54) is 18.6 Å². The third-order valence-corrected chi connectivity index (χ3v) is 3.14. The van der Waals surface area contributed by atoms with Crippen LogP contribution in [0.1, 0.15) is 26.2 Å². The van der Waals surface area contributed by atoms with E-state index in [0.717, 1.165) is 19.5 Å². The summed E-state index contributed by atoms with van der Waals surface area (Å²) < 4.78 is 5.06. The SMILES string of the molecule is CCNc1nc(NCCCCCSC)nc(OC)n1. The molecule has 0 saturated carbocycles. The fourth-order valence-corrected chi connectivity index (χ4v) is 2.01. The molecular weight excluding hydrogens is 262 g/mol. The molecule has 0 aromatic carbocycles. The molecule has 0 radical (unpaired) electrons. The van der Waals surface area contributed by atoms with Crippen LogP contribution in [0, 0.1) is 0 Å². The molecule has 108 valence electrons. The summed E-state index contributed by atoms with van der Waals surface area (Å²) in [5, 5.41) is 6.26. The smallest absolute Gasteiger partial charge is 0.322 e. The first-order valence-electron chi connectivity index (χ1n) is 6.57. The van der Waals surface area contributed by atoms with E-state index in [0.29, 0.717) is 17.9 Å². The summed E-state index contributed by atoms with van der Waals surface area (Å²) >= 11 is 1.89. The van der Waals surface area contributed by atoms with Crippen molar-refractivity contribution in [2.24, 2.45) is 0 Å². The van der Waals surface area contributed by atoms with Crippen LogP contribution in [0.5, 0.6) is 6.01 Å². The van der Waals surface area contributed by atoms with Gasteiger partial charge in [-0.25, -0.2) is 0 Å². The molecule has 1 rings (SSSR count). The molecule has 0 unspecified atom stereocenters. The highest BCUT2D eigenvalue weighted by Crippen LogP contribution is 2.11. The number of anilines is 2. The highest BCUT2D eigenvalue weighted by atomic mass is 32.2. The Bertz CT molecular complexity index is 364. The second-order valence-corrected chi connectivity index (χ2v) is 4.97. The Labute approximate surface area is 119 Å². The largest absolute Gasteiger partial charge is 0.467 e. The van der Waals surface area contributed by atoms with Crippen molar-refractivity contribution in [2.75, 3.05) is 42.8 Å². The lowest BCUT2D eigenvalue weighted by Crippen LogP contribution is -2.10. The van der Waals surface area contributed by atoms with Crippen LogP contribution in [-0.4, -0.2) is 47.2 Å². The van der Waals surface area contributed by atoms with Gasteiger partial charge < -0.3 is 15.4 Å². The molecule has 7 heteroatoms. The first-order valence-corrected chi connectivity index (χ1v) is 7.96. The van der Waals surface area contributed by atoms with E-state index in [2.05, 4.69) is 31.8 Å². The van der Waals surface area contributed by atoms with E-state index in [1.807, 2.05) is 18.7 Å².